The summed E-state index contributed by atoms with van der Waals surface area (Å²) in [6.07, 6.45) is 0.646. The summed E-state index contributed by atoms with van der Waals surface area (Å²) < 4.78 is 10.8. The van der Waals surface area contributed by atoms with Crippen LogP contribution < -0.4 is 10.7 Å². The van der Waals surface area contributed by atoms with Crippen LogP contribution in [0, 0.1) is 0 Å². The van der Waals surface area contributed by atoms with E-state index in [4.69, 9.17) is 8.83 Å². The molecule has 1 aliphatic rings. The van der Waals surface area contributed by atoms with Crippen LogP contribution in [0.2, 0.25) is 0 Å². The summed E-state index contributed by atoms with van der Waals surface area (Å²) in [5.41, 5.74) is 4.41. The quantitative estimate of drug-likeness (QED) is 0.437. The second kappa shape index (κ2) is 9.28. The Morgan fingerprint density at radius 1 is 0.656 bits per heavy atom. The molecule has 3 aromatic carbocycles. The van der Waals surface area contributed by atoms with Crippen molar-refractivity contribution in [2.45, 2.75) is 6.42 Å². The molecule has 5 rings (SSSR count). The van der Waals surface area contributed by atoms with E-state index in [1.807, 2.05) is 48.5 Å². The number of benzene rings is 3. The minimum Gasteiger partial charge on any atom is -0.395 e. The smallest absolute Gasteiger partial charge is 0.395 e. The summed E-state index contributed by atoms with van der Waals surface area (Å²) in [4.78, 5) is 16.7. The largest absolute Gasteiger partial charge is 0.519 e. The Balaban J connectivity index is 1.23. The molecule has 2 heterocycles. The van der Waals surface area contributed by atoms with E-state index in [-0.39, 0.29) is 0 Å². The third-order valence-corrected chi connectivity index (χ3v) is 6.05. The van der Waals surface area contributed by atoms with Crippen molar-refractivity contribution in [3.05, 3.63) is 101 Å². The molecule has 1 aromatic heterocycles. The Kier molecular flexibility index (Phi) is 5.90. The Morgan fingerprint density at radius 3 is 1.94 bits per heavy atom. The molecule has 0 spiro atoms. The molecule has 162 valence electrons. The number of hydrogen-bond donors (Lipinski definition) is 0. The highest BCUT2D eigenvalue weighted by atomic mass is 16.6. The Labute approximate surface area is 187 Å². The third-order valence-electron chi connectivity index (χ3n) is 6.05. The SMILES string of the molecule is O=c1oc(CCN2CCN(c3ccccc3)CC2)c(-c2ccc(-c3ccccc3)cc2)o1. The lowest BCUT2D eigenvalue weighted by molar-refractivity contribution is 0.254. The van der Waals surface area contributed by atoms with Gasteiger partial charge in [-0.25, -0.2) is 4.79 Å². The minimum absolute atomic E-state index is 0.539. The summed E-state index contributed by atoms with van der Waals surface area (Å²) in [5.74, 6) is 0.515. The third kappa shape index (κ3) is 4.53. The van der Waals surface area contributed by atoms with Gasteiger partial charge in [0.25, 0.3) is 0 Å². The maximum atomic E-state index is 11.9. The zero-order valence-corrected chi connectivity index (χ0v) is 17.9. The number of nitrogens with zero attached hydrogens (tertiary/aromatic N) is 2. The lowest BCUT2D eigenvalue weighted by atomic mass is 10.0. The molecule has 0 N–H and O–H groups in total. The first-order chi connectivity index (χ1) is 15.8. The topological polar surface area (TPSA) is 49.8 Å². The second-order valence-electron chi connectivity index (χ2n) is 8.06. The van der Waals surface area contributed by atoms with E-state index in [1.165, 1.54) is 5.69 Å². The van der Waals surface area contributed by atoms with Gasteiger partial charge in [-0.2, -0.15) is 0 Å². The molecule has 0 unspecified atom stereocenters. The first-order valence-corrected chi connectivity index (χ1v) is 11.1. The predicted molar refractivity (Wildman–Crippen MR) is 127 cm³/mol. The molecule has 0 amide bonds. The van der Waals surface area contributed by atoms with Crippen molar-refractivity contribution >= 4 is 5.69 Å². The zero-order valence-electron chi connectivity index (χ0n) is 17.9. The number of anilines is 1. The highest BCUT2D eigenvalue weighted by Gasteiger charge is 2.20. The summed E-state index contributed by atoms with van der Waals surface area (Å²) in [6, 6.07) is 28.8. The van der Waals surface area contributed by atoms with Crippen LogP contribution in [0.3, 0.4) is 0 Å². The van der Waals surface area contributed by atoms with Crippen molar-refractivity contribution < 1.29 is 8.83 Å². The Bertz CT molecular complexity index is 1190. The average molecular weight is 427 g/mol. The van der Waals surface area contributed by atoms with E-state index >= 15 is 0 Å². The standard InChI is InChI=1S/C27H26N2O3/c30-27-31-25(15-16-28-17-19-29(20-18-28)24-9-5-2-6-10-24)26(32-27)23-13-11-22(12-14-23)21-7-3-1-4-8-21/h1-14H,15-20H2. The van der Waals surface area contributed by atoms with Crippen LogP contribution in [0.4, 0.5) is 5.69 Å². The first kappa shape index (κ1) is 20.3. The fraction of sp³-hybridized carbons (Fsp3) is 0.222. The van der Waals surface area contributed by atoms with Crippen molar-refractivity contribution in [1.29, 1.82) is 0 Å². The van der Waals surface area contributed by atoms with Crippen LogP contribution in [-0.4, -0.2) is 37.6 Å². The van der Waals surface area contributed by atoms with Gasteiger partial charge < -0.3 is 13.7 Å². The predicted octanol–water partition coefficient (Wildman–Crippen LogP) is 4.93. The molecular formula is C27H26N2O3. The highest BCUT2D eigenvalue weighted by molar-refractivity contribution is 5.68. The minimum atomic E-state index is -0.643. The van der Waals surface area contributed by atoms with Gasteiger partial charge in [0, 0.05) is 50.4 Å². The van der Waals surface area contributed by atoms with Crippen molar-refractivity contribution in [2.75, 3.05) is 37.6 Å². The van der Waals surface area contributed by atoms with E-state index in [1.54, 1.807) is 0 Å². The molecule has 0 atom stereocenters. The molecule has 1 fully saturated rings. The van der Waals surface area contributed by atoms with E-state index in [0.717, 1.165) is 49.4 Å². The number of hydrogen-bond acceptors (Lipinski definition) is 5. The Morgan fingerprint density at radius 2 is 1.25 bits per heavy atom. The van der Waals surface area contributed by atoms with Crippen LogP contribution in [0.25, 0.3) is 22.5 Å². The van der Waals surface area contributed by atoms with Crippen LogP contribution in [-0.2, 0) is 6.42 Å². The van der Waals surface area contributed by atoms with Gasteiger partial charge in [0.1, 0.15) is 0 Å². The first-order valence-electron chi connectivity index (χ1n) is 11.1. The number of para-hydroxylation sites is 1. The van der Waals surface area contributed by atoms with Gasteiger partial charge in [-0.1, -0.05) is 72.8 Å². The molecule has 5 nitrogen and oxygen atoms in total. The fourth-order valence-electron chi connectivity index (χ4n) is 4.27. The average Bonchev–Trinajstić information content (AvgIpc) is 3.24. The summed E-state index contributed by atoms with van der Waals surface area (Å²) in [5, 5.41) is 0. The van der Waals surface area contributed by atoms with Crippen molar-refractivity contribution in [3.63, 3.8) is 0 Å². The molecular weight excluding hydrogens is 400 g/mol. The van der Waals surface area contributed by atoms with E-state index in [0.29, 0.717) is 17.9 Å². The molecule has 0 bridgehead atoms. The maximum absolute atomic E-state index is 11.9. The molecule has 5 heteroatoms. The number of piperazine rings is 1. The fourth-order valence-corrected chi connectivity index (χ4v) is 4.27. The van der Waals surface area contributed by atoms with Gasteiger partial charge in [-0.3, -0.25) is 4.90 Å². The van der Waals surface area contributed by atoms with Crippen LogP contribution in [0.5, 0.6) is 0 Å². The van der Waals surface area contributed by atoms with Crippen molar-refractivity contribution in [2.24, 2.45) is 0 Å². The second-order valence-corrected chi connectivity index (χ2v) is 8.06. The monoisotopic (exact) mass is 426 g/mol. The lowest BCUT2D eigenvalue weighted by Gasteiger charge is -2.36. The molecule has 0 saturated carbocycles. The summed E-state index contributed by atoms with van der Waals surface area (Å²) >= 11 is 0. The van der Waals surface area contributed by atoms with E-state index in [2.05, 4.69) is 46.2 Å². The van der Waals surface area contributed by atoms with Crippen LogP contribution >= 0.6 is 0 Å². The number of rotatable bonds is 6. The summed E-state index contributed by atoms with van der Waals surface area (Å²) in [6.45, 7) is 4.79. The highest BCUT2D eigenvalue weighted by Crippen LogP contribution is 2.27. The molecule has 4 aromatic rings. The van der Waals surface area contributed by atoms with Crippen molar-refractivity contribution in [3.8, 4) is 22.5 Å². The van der Waals surface area contributed by atoms with Crippen LogP contribution in [0.1, 0.15) is 5.76 Å². The molecule has 1 aliphatic heterocycles. The van der Waals surface area contributed by atoms with Gasteiger partial charge in [0.15, 0.2) is 11.5 Å². The van der Waals surface area contributed by atoms with Gasteiger partial charge in [-0.05, 0) is 23.3 Å². The normalized spacial score (nSPS) is 14.6. The van der Waals surface area contributed by atoms with Crippen molar-refractivity contribution in [1.82, 2.24) is 4.90 Å². The summed E-state index contributed by atoms with van der Waals surface area (Å²) in [7, 11) is 0. The van der Waals surface area contributed by atoms with E-state index < -0.39 is 5.82 Å². The molecule has 1 saturated heterocycles. The van der Waals surface area contributed by atoms with Gasteiger partial charge in [0.2, 0.25) is 0 Å². The van der Waals surface area contributed by atoms with Crippen LogP contribution in [0.15, 0.2) is 98.6 Å². The van der Waals surface area contributed by atoms with Gasteiger partial charge in [0.05, 0.1) is 0 Å². The molecule has 0 radical (unpaired) electrons. The zero-order chi connectivity index (χ0) is 21.8. The molecule has 32 heavy (non-hydrogen) atoms. The van der Waals surface area contributed by atoms with Gasteiger partial charge >= 0.3 is 5.82 Å². The molecule has 0 aliphatic carbocycles. The lowest BCUT2D eigenvalue weighted by Crippen LogP contribution is -2.47. The van der Waals surface area contributed by atoms with E-state index in [9.17, 15) is 4.79 Å². The van der Waals surface area contributed by atoms with Gasteiger partial charge in [-0.15, -0.1) is 0 Å². The Hall–Kier alpha value is -3.57. The maximum Gasteiger partial charge on any atom is 0.519 e.